The van der Waals surface area contributed by atoms with E-state index in [4.69, 9.17) is 11.5 Å². The number of carbonyl (C=O) groups is 1. The number of aliphatic hydroxyl groups excluding tert-OH is 1. The summed E-state index contributed by atoms with van der Waals surface area (Å²) in [5.41, 5.74) is 11.2. The van der Waals surface area contributed by atoms with E-state index in [1.807, 2.05) is 12.1 Å². The smallest absolute Gasteiger partial charge is 0.244 e. The van der Waals surface area contributed by atoms with Crippen molar-refractivity contribution in [2.24, 2.45) is 11.5 Å². The Morgan fingerprint density at radius 2 is 2.14 bits per heavy atom. The minimum absolute atomic E-state index is 0.385. The van der Waals surface area contributed by atoms with E-state index >= 15 is 0 Å². The van der Waals surface area contributed by atoms with Gasteiger partial charge in [-0.15, -0.1) is 0 Å². The summed E-state index contributed by atoms with van der Waals surface area (Å²) in [6.45, 7) is 0. The van der Waals surface area contributed by atoms with Crippen molar-refractivity contribution in [2.45, 2.75) is 18.1 Å². The van der Waals surface area contributed by atoms with E-state index in [1.54, 1.807) is 12.1 Å². The molecule has 0 saturated heterocycles. The zero-order valence-electron chi connectivity index (χ0n) is 7.60. The molecule has 2 rings (SSSR count). The van der Waals surface area contributed by atoms with Crippen molar-refractivity contribution in [3.63, 3.8) is 0 Å². The third-order valence-electron chi connectivity index (χ3n) is 2.81. The summed E-state index contributed by atoms with van der Waals surface area (Å²) >= 11 is 0. The van der Waals surface area contributed by atoms with Gasteiger partial charge in [0.05, 0.1) is 6.10 Å². The molecule has 1 aliphatic rings. The van der Waals surface area contributed by atoms with E-state index < -0.39 is 17.6 Å². The highest BCUT2D eigenvalue weighted by Gasteiger charge is 2.47. The Morgan fingerprint density at radius 3 is 2.79 bits per heavy atom. The van der Waals surface area contributed by atoms with E-state index in [-0.39, 0.29) is 0 Å². The predicted octanol–water partition coefficient (Wildman–Crippen LogP) is -0.757. The van der Waals surface area contributed by atoms with Crippen molar-refractivity contribution in [3.8, 4) is 0 Å². The van der Waals surface area contributed by atoms with Crippen molar-refractivity contribution in [3.05, 3.63) is 35.4 Å². The van der Waals surface area contributed by atoms with Crippen LogP contribution in [0.5, 0.6) is 0 Å². The van der Waals surface area contributed by atoms with Crippen LogP contribution in [-0.2, 0) is 16.8 Å². The number of amides is 1. The second kappa shape index (κ2) is 2.80. The lowest BCUT2D eigenvalue weighted by Crippen LogP contribution is -2.55. The summed E-state index contributed by atoms with van der Waals surface area (Å²) < 4.78 is 0. The van der Waals surface area contributed by atoms with Gasteiger partial charge in [0.1, 0.15) is 5.54 Å². The fourth-order valence-corrected chi connectivity index (χ4v) is 1.95. The Bertz CT molecular complexity index is 391. The minimum atomic E-state index is -1.42. The number of hydrogen-bond acceptors (Lipinski definition) is 3. The SMILES string of the molecule is NC(=O)[C@]1(N)c2ccccc2C[C@H]1O. The molecule has 1 amide bonds. The Morgan fingerprint density at radius 1 is 1.50 bits per heavy atom. The van der Waals surface area contributed by atoms with Crippen molar-refractivity contribution in [1.29, 1.82) is 0 Å². The fourth-order valence-electron chi connectivity index (χ4n) is 1.95. The minimum Gasteiger partial charge on any atom is -0.390 e. The molecule has 1 aromatic carbocycles. The zero-order valence-corrected chi connectivity index (χ0v) is 7.60. The first-order valence-corrected chi connectivity index (χ1v) is 4.42. The molecule has 5 N–H and O–H groups in total. The lowest BCUT2D eigenvalue weighted by atomic mass is 9.90. The standard InChI is InChI=1S/C10H12N2O2/c11-9(14)10(12)7-4-2-1-3-6(7)5-8(10)13/h1-4,8,13H,5,12H2,(H2,11,14)/t8-,10+/m1/s1. The number of nitrogens with two attached hydrogens (primary N) is 2. The lowest BCUT2D eigenvalue weighted by molar-refractivity contribution is -0.127. The first-order chi connectivity index (χ1) is 6.56. The van der Waals surface area contributed by atoms with Crippen LogP contribution in [-0.4, -0.2) is 17.1 Å². The molecule has 0 unspecified atom stereocenters. The first kappa shape index (κ1) is 9.18. The summed E-state index contributed by atoms with van der Waals surface area (Å²) in [5, 5.41) is 9.71. The van der Waals surface area contributed by atoms with Gasteiger partial charge >= 0.3 is 0 Å². The van der Waals surface area contributed by atoms with Gasteiger partial charge in [-0.1, -0.05) is 24.3 Å². The van der Waals surface area contributed by atoms with E-state index in [2.05, 4.69) is 0 Å². The molecule has 0 bridgehead atoms. The molecular formula is C10H12N2O2. The lowest BCUT2D eigenvalue weighted by Gasteiger charge is -2.25. The summed E-state index contributed by atoms with van der Waals surface area (Å²) in [4.78, 5) is 11.2. The molecule has 1 aliphatic carbocycles. The van der Waals surface area contributed by atoms with Crippen LogP contribution in [0.3, 0.4) is 0 Å². The molecule has 4 nitrogen and oxygen atoms in total. The number of fused-ring (bicyclic) bond motifs is 1. The molecular weight excluding hydrogens is 180 g/mol. The number of aliphatic hydroxyl groups is 1. The van der Waals surface area contributed by atoms with Crippen LogP contribution in [0.1, 0.15) is 11.1 Å². The van der Waals surface area contributed by atoms with Crippen molar-refractivity contribution >= 4 is 5.91 Å². The first-order valence-electron chi connectivity index (χ1n) is 4.42. The van der Waals surface area contributed by atoms with Gasteiger partial charge in [-0.05, 0) is 11.1 Å². The Hall–Kier alpha value is -1.39. The molecule has 0 saturated carbocycles. The number of benzene rings is 1. The molecule has 1 aromatic rings. The average molecular weight is 192 g/mol. The number of hydrogen-bond donors (Lipinski definition) is 3. The quantitative estimate of drug-likeness (QED) is 0.546. The highest BCUT2D eigenvalue weighted by molar-refractivity contribution is 5.88. The maximum Gasteiger partial charge on any atom is 0.244 e. The maximum atomic E-state index is 11.2. The van der Waals surface area contributed by atoms with Gasteiger partial charge < -0.3 is 16.6 Å². The van der Waals surface area contributed by atoms with Crippen LogP contribution >= 0.6 is 0 Å². The topological polar surface area (TPSA) is 89.3 Å². The molecule has 14 heavy (non-hydrogen) atoms. The molecule has 2 atom stereocenters. The van der Waals surface area contributed by atoms with Gasteiger partial charge in [-0.25, -0.2) is 0 Å². The highest BCUT2D eigenvalue weighted by Crippen LogP contribution is 2.34. The van der Waals surface area contributed by atoms with Crippen molar-refractivity contribution < 1.29 is 9.90 Å². The number of carbonyl (C=O) groups excluding carboxylic acids is 1. The van der Waals surface area contributed by atoms with Gasteiger partial charge in [0.25, 0.3) is 0 Å². The third-order valence-corrected chi connectivity index (χ3v) is 2.81. The van der Waals surface area contributed by atoms with Crippen LogP contribution < -0.4 is 11.5 Å². The number of rotatable bonds is 1. The van der Waals surface area contributed by atoms with Crippen LogP contribution in [0.25, 0.3) is 0 Å². The summed E-state index contributed by atoms with van der Waals surface area (Å²) in [6, 6.07) is 7.20. The Kier molecular flexibility index (Phi) is 1.83. The van der Waals surface area contributed by atoms with E-state index in [0.29, 0.717) is 12.0 Å². The third kappa shape index (κ3) is 0.981. The molecule has 0 aromatic heterocycles. The molecule has 0 radical (unpaired) electrons. The molecule has 74 valence electrons. The molecule has 0 spiro atoms. The second-order valence-corrected chi connectivity index (χ2v) is 3.61. The summed E-state index contributed by atoms with van der Waals surface area (Å²) in [6.07, 6.45) is -0.535. The zero-order chi connectivity index (χ0) is 10.3. The molecule has 0 heterocycles. The second-order valence-electron chi connectivity index (χ2n) is 3.61. The predicted molar refractivity (Wildman–Crippen MR) is 51.2 cm³/mol. The van der Waals surface area contributed by atoms with Crippen LogP contribution in [0.15, 0.2) is 24.3 Å². The average Bonchev–Trinajstić information content (AvgIpc) is 2.41. The van der Waals surface area contributed by atoms with Gasteiger partial charge in [0, 0.05) is 6.42 Å². The fraction of sp³-hybridized carbons (Fsp3) is 0.300. The van der Waals surface area contributed by atoms with Crippen molar-refractivity contribution in [2.75, 3.05) is 0 Å². The van der Waals surface area contributed by atoms with Gasteiger partial charge in [0.15, 0.2) is 0 Å². The monoisotopic (exact) mass is 192 g/mol. The molecule has 4 heteroatoms. The Labute approximate surface area is 81.5 Å². The van der Waals surface area contributed by atoms with E-state index in [1.165, 1.54) is 0 Å². The maximum absolute atomic E-state index is 11.2. The highest BCUT2D eigenvalue weighted by atomic mass is 16.3. The summed E-state index contributed by atoms with van der Waals surface area (Å²) in [5.74, 6) is -0.685. The van der Waals surface area contributed by atoms with Crippen LogP contribution in [0.2, 0.25) is 0 Å². The summed E-state index contributed by atoms with van der Waals surface area (Å²) in [7, 11) is 0. The van der Waals surface area contributed by atoms with Crippen LogP contribution in [0.4, 0.5) is 0 Å². The normalized spacial score (nSPS) is 30.0. The Balaban J connectivity index is 2.60. The van der Waals surface area contributed by atoms with Gasteiger partial charge in [-0.3, -0.25) is 4.79 Å². The van der Waals surface area contributed by atoms with Gasteiger partial charge in [-0.2, -0.15) is 0 Å². The van der Waals surface area contributed by atoms with Gasteiger partial charge in [0.2, 0.25) is 5.91 Å². The molecule has 0 aliphatic heterocycles. The van der Waals surface area contributed by atoms with Crippen LogP contribution in [0, 0.1) is 0 Å². The number of primary amides is 1. The van der Waals surface area contributed by atoms with E-state index in [9.17, 15) is 9.90 Å². The van der Waals surface area contributed by atoms with E-state index in [0.717, 1.165) is 5.56 Å². The van der Waals surface area contributed by atoms with Crippen molar-refractivity contribution in [1.82, 2.24) is 0 Å². The molecule has 0 fully saturated rings. The largest absolute Gasteiger partial charge is 0.390 e.